The second-order valence-electron chi connectivity index (χ2n) is 2.94. The van der Waals surface area contributed by atoms with Crippen LogP contribution in [0.15, 0.2) is 11.4 Å². The molecule has 1 heterocycles. The highest BCUT2D eigenvalue weighted by Gasteiger charge is 2.11. The monoisotopic (exact) mass is 199 g/mol. The second-order valence-corrected chi connectivity index (χ2v) is 3.86. The molecule has 4 heteroatoms. The number of hydrogen-bond acceptors (Lipinski definition) is 2. The summed E-state index contributed by atoms with van der Waals surface area (Å²) in [7, 11) is 0. The molecule has 1 amide bonds. The summed E-state index contributed by atoms with van der Waals surface area (Å²) >= 11 is 1.43. The summed E-state index contributed by atoms with van der Waals surface area (Å²) in [5.74, 6) is 0.410. The summed E-state index contributed by atoms with van der Waals surface area (Å²) in [6.07, 6.45) is 0.0254. The zero-order valence-electron chi connectivity index (χ0n) is 7.70. The molecule has 0 aliphatic rings. The maximum absolute atomic E-state index is 10.4. The Morgan fingerprint density at radius 1 is 1.77 bits per heavy atom. The molecule has 1 aromatic heterocycles. The molecule has 0 aromatic carbocycles. The topological polar surface area (TPSA) is 49.3 Å². The summed E-state index contributed by atoms with van der Waals surface area (Å²) in [4.78, 5) is 10.4. The van der Waals surface area contributed by atoms with E-state index in [0.717, 1.165) is 17.0 Å². The molecule has 0 spiro atoms. The van der Waals surface area contributed by atoms with Crippen molar-refractivity contribution < 1.29 is 9.90 Å². The van der Waals surface area contributed by atoms with E-state index in [1.54, 1.807) is 0 Å². The molecule has 13 heavy (non-hydrogen) atoms. The Kier molecular flexibility index (Phi) is 3.31. The average Bonchev–Trinajstić information content (AvgIpc) is 2.50. The van der Waals surface area contributed by atoms with Crippen LogP contribution >= 0.6 is 11.3 Å². The van der Waals surface area contributed by atoms with Crippen molar-refractivity contribution in [3.05, 3.63) is 17.0 Å². The summed E-state index contributed by atoms with van der Waals surface area (Å²) in [6.45, 7) is 4.18. The van der Waals surface area contributed by atoms with Gasteiger partial charge in [0.05, 0.1) is 0 Å². The number of carboxylic acid groups (broad SMARTS) is 1. The summed E-state index contributed by atoms with van der Waals surface area (Å²) in [5, 5.41) is 13.6. The van der Waals surface area contributed by atoms with Crippen LogP contribution in [-0.2, 0) is 0 Å². The van der Waals surface area contributed by atoms with Gasteiger partial charge in [-0.25, -0.2) is 4.79 Å². The molecule has 3 nitrogen and oxygen atoms in total. The van der Waals surface area contributed by atoms with Gasteiger partial charge in [0.1, 0.15) is 5.00 Å². The van der Waals surface area contributed by atoms with Crippen molar-refractivity contribution in [1.82, 2.24) is 0 Å². The van der Waals surface area contributed by atoms with E-state index < -0.39 is 6.09 Å². The van der Waals surface area contributed by atoms with E-state index in [9.17, 15) is 4.79 Å². The highest BCUT2D eigenvalue weighted by atomic mass is 32.1. The first-order valence-electron chi connectivity index (χ1n) is 4.22. The van der Waals surface area contributed by atoms with Crippen molar-refractivity contribution in [2.75, 3.05) is 5.32 Å². The molecule has 1 rings (SSSR count). The van der Waals surface area contributed by atoms with Crippen LogP contribution in [0, 0.1) is 0 Å². The minimum absolute atomic E-state index is 0.410. The minimum atomic E-state index is -0.994. The van der Waals surface area contributed by atoms with Gasteiger partial charge in [-0.05, 0) is 29.3 Å². The van der Waals surface area contributed by atoms with Crippen LogP contribution in [0.1, 0.15) is 31.7 Å². The number of nitrogens with one attached hydrogen (secondary N) is 1. The first kappa shape index (κ1) is 10.1. The first-order valence-corrected chi connectivity index (χ1v) is 5.10. The fourth-order valence-electron chi connectivity index (χ4n) is 1.13. The smallest absolute Gasteiger partial charge is 0.409 e. The summed E-state index contributed by atoms with van der Waals surface area (Å²) in [6, 6.07) is 1.98. The van der Waals surface area contributed by atoms with Gasteiger partial charge in [-0.15, -0.1) is 11.3 Å². The van der Waals surface area contributed by atoms with Crippen molar-refractivity contribution in [1.29, 1.82) is 0 Å². The fraction of sp³-hybridized carbons (Fsp3) is 0.444. The maximum Gasteiger partial charge on any atom is 0.409 e. The Hall–Kier alpha value is -1.03. The van der Waals surface area contributed by atoms with Gasteiger partial charge in [-0.1, -0.05) is 13.8 Å². The number of rotatable bonds is 3. The molecule has 1 atom stereocenters. The standard InChI is InChI=1S/C9H13NO2S/c1-3-6(2)7-4-5-13-8(7)10-9(11)12/h4-6,10H,3H2,1-2H3,(H,11,12). The Morgan fingerprint density at radius 2 is 2.46 bits per heavy atom. The fourth-order valence-corrected chi connectivity index (χ4v) is 2.03. The number of hydrogen-bond donors (Lipinski definition) is 2. The third-order valence-electron chi connectivity index (χ3n) is 2.06. The molecule has 72 valence electrons. The normalized spacial score (nSPS) is 12.5. The Balaban J connectivity index is 2.82. The molecule has 0 saturated carbocycles. The molecule has 2 N–H and O–H groups in total. The van der Waals surface area contributed by atoms with Gasteiger partial charge in [0, 0.05) is 0 Å². The van der Waals surface area contributed by atoms with Crippen molar-refractivity contribution in [3.8, 4) is 0 Å². The zero-order valence-corrected chi connectivity index (χ0v) is 8.52. The molecular formula is C9H13NO2S. The quantitative estimate of drug-likeness (QED) is 0.784. The average molecular weight is 199 g/mol. The van der Waals surface area contributed by atoms with Crippen LogP contribution in [0.5, 0.6) is 0 Å². The van der Waals surface area contributed by atoms with Gasteiger partial charge >= 0.3 is 6.09 Å². The highest BCUT2D eigenvalue weighted by molar-refractivity contribution is 7.14. The van der Waals surface area contributed by atoms with Crippen LogP contribution in [0.4, 0.5) is 9.80 Å². The van der Waals surface area contributed by atoms with Gasteiger partial charge in [-0.3, -0.25) is 5.32 Å². The third-order valence-corrected chi connectivity index (χ3v) is 2.91. The molecular weight excluding hydrogens is 186 g/mol. The lowest BCUT2D eigenvalue weighted by Crippen LogP contribution is -2.08. The van der Waals surface area contributed by atoms with Crippen LogP contribution in [0.2, 0.25) is 0 Å². The van der Waals surface area contributed by atoms with Gasteiger partial charge in [0.25, 0.3) is 0 Å². The molecule has 0 aliphatic carbocycles. The predicted molar refractivity (Wildman–Crippen MR) is 54.7 cm³/mol. The lowest BCUT2D eigenvalue weighted by molar-refractivity contribution is 0.210. The van der Waals surface area contributed by atoms with Crippen molar-refractivity contribution >= 4 is 22.4 Å². The largest absolute Gasteiger partial charge is 0.465 e. The molecule has 0 fully saturated rings. The van der Waals surface area contributed by atoms with E-state index in [0.29, 0.717) is 5.92 Å². The molecule has 0 bridgehead atoms. The van der Waals surface area contributed by atoms with Crippen LogP contribution in [-0.4, -0.2) is 11.2 Å². The van der Waals surface area contributed by atoms with Crippen LogP contribution in [0.25, 0.3) is 0 Å². The van der Waals surface area contributed by atoms with Crippen LogP contribution < -0.4 is 5.32 Å². The molecule has 0 aliphatic heterocycles. The van der Waals surface area contributed by atoms with Gasteiger partial charge in [0.15, 0.2) is 0 Å². The third kappa shape index (κ3) is 2.45. The van der Waals surface area contributed by atoms with Crippen molar-refractivity contribution in [3.63, 3.8) is 0 Å². The molecule has 0 radical (unpaired) electrons. The Morgan fingerprint density at radius 3 is 3.00 bits per heavy atom. The second kappa shape index (κ2) is 4.28. The lowest BCUT2D eigenvalue weighted by Gasteiger charge is -2.08. The highest BCUT2D eigenvalue weighted by Crippen LogP contribution is 2.31. The van der Waals surface area contributed by atoms with Gasteiger partial charge in [-0.2, -0.15) is 0 Å². The first-order chi connectivity index (χ1) is 6.15. The summed E-state index contributed by atoms with van der Waals surface area (Å²) in [5.41, 5.74) is 1.09. The number of thiophene rings is 1. The Labute approximate surface area is 81.4 Å². The van der Waals surface area contributed by atoms with E-state index >= 15 is 0 Å². The summed E-state index contributed by atoms with van der Waals surface area (Å²) < 4.78 is 0. The maximum atomic E-state index is 10.4. The molecule has 1 unspecified atom stereocenters. The zero-order chi connectivity index (χ0) is 9.84. The van der Waals surface area contributed by atoms with Gasteiger partial charge < -0.3 is 5.11 Å². The molecule has 0 saturated heterocycles. The van der Waals surface area contributed by atoms with Gasteiger partial charge in [0.2, 0.25) is 0 Å². The van der Waals surface area contributed by atoms with Crippen molar-refractivity contribution in [2.24, 2.45) is 0 Å². The van der Waals surface area contributed by atoms with E-state index in [4.69, 9.17) is 5.11 Å². The SMILES string of the molecule is CCC(C)c1ccsc1NC(=O)O. The molecule has 1 aromatic rings. The van der Waals surface area contributed by atoms with E-state index in [1.165, 1.54) is 11.3 Å². The number of carbonyl (C=O) groups is 1. The Bertz CT molecular complexity index is 296. The van der Waals surface area contributed by atoms with E-state index in [-0.39, 0.29) is 0 Å². The number of anilines is 1. The van der Waals surface area contributed by atoms with Crippen LogP contribution in [0.3, 0.4) is 0 Å². The lowest BCUT2D eigenvalue weighted by atomic mass is 10.0. The predicted octanol–water partition coefficient (Wildman–Crippen LogP) is 3.35. The van der Waals surface area contributed by atoms with E-state index in [2.05, 4.69) is 19.2 Å². The van der Waals surface area contributed by atoms with E-state index in [1.807, 2.05) is 11.4 Å². The minimum Gasteiger partial charge on any atom is -0.465 e. The number of amides is 1. The van der Waals surface area contributed by atoms with Crippen molar-refractivity contribution in [2.45, 2.75) is 26.2 Å².